The normalized spacial score (nSPS) is 21.4. The van der Waals surface area contributed by atoms with Crippen LogP contribution in [-0.2, 0) is 14.6 Å². The quantitative estimate of drug-likeness (QED) is 0.643. The molecule has 2 aliphatic rings. The number of nitrogens with one attached hydrogen (secondary N) is 1. The molecule has 0 aliphatic carbocycles. The smallest absolute Gasteiger partial charge is 0.198 e. The molecule has 1 aromatic carbocycles. The van der Waals surface area contributed by atoms with Crippen molar-refractivity contribution in [1.29, 1.82) is 0 Å². The molecule has 0 aromatic heterocycles. The zero-order chi connectivity index (χ0) is 18.5. The zero-order valence-corrected chi connectivity index (χ0v) is 16.3. The van der Waals surface area contributed by atoms with Gasteiger partial charge in [0.25, 0.3) is 0 Å². The maximum absolute atomic E-state index is 12.5. The summed E-state index contributed by atoms with van der Waals surface area (Å²) in [6, 6.07) is 9.93. The van der Waals surface area contributed by atoms with Crippen LogP contribution in [0, 0.1) is 0 Å². The molecule has 0 saturated carbocycles. The van der Waals surface area contributed by atoms with Gasteiger partial charge in [-0.15, -0.1) is 0 Å². The van der Waals surface area contributed by atoms with Crippen LogP contribution in [0.15, 0.2) is 35.3 Å². The largest absolute Gasteiger partial charge is 0.381 e. The van der Waals surface area contributed by atoms with Gasteiger partial charge in [-0.25, -0.2) is 8.42 Å². The number of anilines is 1. The minimum absolute atomic E-state index is 0.279. The summed E-state index contributed by atoms with van der Waals surface area (Å²) in [4.78, 5) is 7.04. The van der Waals surface area contributed by atoms with Gasteiger partial charge < -0.3 is 15.0 Å². The number of sulfone groups is 1. The fourth-order valence-corrected chi connectivity index (χ4v) is 4.79. The Hall–Kier alpha value is -1.60. The third-order valence-electron chi connectivity index (χ3n) is 5.39. The SMILES string of the molecule is CS(=O)(=O)C1(CN=C(Nc2ccccc2)N2CCCCC2)CCOCC1. The summed E-state index contributed by atoms with van der Waals surface area (Å²) in [5, 5.41) is 3.41. The number of para-hydroxylation sites is 1. The van der Waals surface area contributed by atoms with Crippen LogP contribution in [0.25, 0.3) is 0 Å². The highest BCUT2D eigenvalue weighted by molar-refractivity contribution is 7.92. The van der Waals surface area contributed by atoms with Crippen LogP contribution in [-0.4, -0.2) is 63.1 Å². The maximum atomic E-state index is 12.5. The lowest BCUT2D eigenvalue weighted by Gasteiger charge is -2.35. The number of likely N-dealkylation sites (tertiary alicyclic amines) is 1. The lowest BCUT2D eigenvalue weighted by molar-refractivity contribution is 0.0767. The molecular formula is C19H29N3O3S. The predicted molar refractivity (Wildman–Crippen MR) is 105 cm³/mol. The van der Waals surface area contributed by atoms with Crippen LogP contribution in [0.3, 0.4) is 0 Å². The van der Waals surface area contributed by atoms with Crippen LogP contribution >= 0.6 is 0 Å². The molecule has 144 valence electrons. The van der Waals surface area contributed by atoms with E-state index in [1.54, 1.807) is 0 Å². The third-order valence-corrected chi connectivity index (χ3v) is 7.50. The van der Waals surface area contributed by atoms with E-state index >= 15 is 0 Å². The van der Waals surface area contributed by atoms with Crippen LogP contribution in [0.1, 0.15) is 32.1 Å². The number of rotatable bonds is 4. The Bertz CT molecular complexity index is 707. The lowest BCUT2D eigenvalue weighted by Crippen LogP contribution is -2.47. The van der Waals surface area contributed by atoms with E-state index in [0.717, 1.165) is 37.6 Å². The van der Waals surface area contributed by atoms with Gasteiger partial charge in [0.1, 0.15) is 0 Å². The van der Waals surface area contributed by atoms with Gasteiger partial charge >= 0.3 is 0 Å². The molecule has 2 fully saturated rings. The summed E-state index contributed by atoms with van der Waals surface area (Å²) in [7, 11) is -3.22. The van der Waals surface area contributed by atoms with Gasteiger partial charge in [-0.2, -0.15) is 0 Å². The standard InChI is InChI=1S/C19H29N3O3S/c1-26(23,24)19(10-14-25-15-11-19)16-20-18(22-12-6-3-7-13-22)21-17-8-4-2-5-9-17/h2,4-5,8-9H,3,6-7,10-16H2,1H3,(H,20,21). The van der Waals surface area contributed by atoms with Crippen LogP contribution in [0.2, 0.25) is 0 Å². The van der Waals surface area contributed by atoms with Crippen molar-refractivity contribution < 1.29 is 13.2 Å². The van der Waals surface area contributed by atoms with Crippen LogP contribution in [0.5, 0.6) is 0 Å². The van der Waals surface area contributed by atoms with Crippen molar-refractivity contribution in [1.82, 2.24) is 4.90 Å². The van der Waals surface area contributed by atoms with Gasteiger partial charge in [-0.3, -0.25) is 4.99 Å². The first kappa shape index (κ1) is 19.2. The van der Waals surface area contributed by atoms with Gasteiger partial charge in [0, 0.05) is 38.2 Å². The highest BCUT2D eigenvalue weighted by Gasteiger charge is 2.42. The van der Waals surface area contributed by atoms with Gasteiger partial charge in [0.2, 0.25) is 0 Å². The first-order valence-corrected chi connectivity index (χ1v) is 11.3. The average Bonchev–Trinajstić information content (AvgIpc) is 2.66. The number of piperidine rings is 1. The van der Waals surface area contributed by atoms with E-state index in [2.05, 4.69) is 10.2 Å². The van der Waals surface area contributed by atoms with Crippen LogP contribution < -0.4 is 5.32 Å². The van der Waals surface area contributed by atoms with Gasteiger partial charge in [-0.1, -0.05) is 18.2 Å². The number of hydrogen-bond donors (Lipinski definition) is 1. The summed E-state index contributed by atoms with van der Waals surface area (Å²) in [6.45, 7) is 3.14. The monoisotopic (exact) mass is 379 g/mol. The van der Waals surface area contributed by atoms with Gasteiger partial charge in [0.15, 0.2) is 15.8 Å². The fourth-order valence-electron chi connectivity index (χ4n) is 3.58. The molecule has 3 rings (SSSR count). The molecule has 7 heteroatoms. The van der Waals surface area contributed by atoms with E-state index in [1.165, 1.54) is 12.7 Å². The summed E-state index contributed by atoms with van der Waals surface area (Å²) >= 11 is 0. The first-order chi connectivity index (χ1) is 12.5. The molecule has 0 radical (unpaired) electrons. The minimum atomic E-state index is -3.22. The van der Waals surface area contributed by atoms with E-state index in [4.69, 9.17) is 9.73 Å². The van der Waals surface area contributed by atoms with Crippen molar-refractivity contribution in [2.24, 2.45) is 4.99 Å². The molecule has 2 aliphatic heterocycles. The van der Waals surface area contributed by atoms with E-state index in [1.807, 2.05) is 30.3 Å². The van der Waals surface area contributed by atoms with Crippen LogP contribution in [0.4, 0.5) is 5.69 Å². The molecule has 1 N–H and O–H groups in total. The number of hydrogen-bond acceptors (Lipinski definition) is 4. The average molecular weight is 380 g/mol. The molecule has 0 atom stereocenters. The Morgan fingerprint density at radius 1 is 1.15 bits per heavy atom. The Morgan fingerprint density at radius 3 is 2.42 bits per heavy atom. The lowest BCUT2D eigenvalue weighted by atomic mass is 9.99. The highest BCUT2D eigenvalue weighted by atomic mass is 32.2. The fraction of sp³-hybridized carbons (Fsp3) is 0.632. The number of benzene rings is 1. The number of aliphatic imine (C=N–C) groups is 1. The predicted octanol–water partition coefficient (Wildman–Crippen LogP) is 2.53. The van der Waals surface area contributed by atoms with E-state index < -0.39 is 14.6 Å². The molecule has 2 heterocycles. The van der Waals surface area contributed by atoms with E-state index in [9.17, 15) is 8.42 Å². The van der Waals surface area contributed by atoms with Crippen molar-refractivity contribution in [3.63, 3.8) is 0 Å². The Morgan fingerprint density at radius 2 is 1.81 bits per heavy atom. The van der Waals surface area contributed by atoms with E-state index in [0.29, 0.717) is 26.1 Å². The zero-order valence-electron chi connectivity index (χ0n) is 15.5. The molecule has 0 amide bonds. The second-order valence-corrected chi connectivity index (χ2v) is 9.66. The second-order valence-electron chi connectivity index (χ2n) is 7.25. The summed E-state index contributed by atoms with van der Waals surface area (Å²) < 4.78 is 29.6. The Balaban J connectivity index is 1.84. The van der Waals surface area contributed by atoms with Gasteiger partial charge in [0.05, 0.1) is 11.3 Å². The maximum Gasteiger partial charge on any atom is 0.198 e. The second kappa shape index (κ2) is 8.39. The first-order valence-electron chi connectivity index (χ1n) is 9.39. The molecule has 1 aromatic rings. The number of guanidine groups is 1. The van der Waals surface area contributed by atoms with Crippen molar-refractivity contribution in [2.45, 2.75) is 36.9 Å². The van der Waals surface area contributed by atoms with Crippen molar-refractivity contribution in [3.8, 4) is 0 Å². The number of ether oxygens (including phenoxy) is 1. The molecule has 0 unspecified atom stereocenters. The molecule has 2 saturated heterocycles. The highest BCUT2D eigenvalue weighted by Crippen LogP contribution is 2.30. The summed E-state index contributed by atoms with van der Waals surface area (Å²) in [5.74, 6) is 0.783. The molecule has 0 bridgehead atoms. The van der Waals surface area contributed by atoms with Crippen molar-refractivity contribution in [2.75, 3.05) is 44.4 Å². The molecular weight excluding hydrogens is 350 g/mol. The molecule has 26 heavy (non-hydrogen) atoms. The van der Waals surface area contributed by atoms with Crippen molar-refractivity contribution >= 4 is 21.5 Å². The van der Waals surface area contributed by atoms with E-state index in [-0.39, 0.29) is 6.54 Å². The third kappa shape index (κ3) is 4.57. The number of nitrogens with zero attached hydrogens (tertiary/aromatic N) is 2. The summed E-state index contributed by atoms with van der Waals surface area (Å²) in [5.41, 5.74) is 0.970. The van der Waals surface area contributed by atoms with Crippen molar-refractivity contribution in [3.05, 3.63) is 30.3 Å². The Kier molecular flexibility index (Phi) is 6.19. The topological polar surface area (TPSA) is 71.0 Å². The summed E-state index contributed by atoms with van der Waals surface area (Å²) in [6.07, 6.45) is 5.86. The molecule has 6 nitrogen and oxygen atoms in total. The Labute approximate surface area is 156 Å². The minimum Gasteiger partial charge on any atom is -0.381 e. The van der Waals surface area contributed by atoms with Gasteiger partial charge in [-0.05, 0) is 44.2 Å². The molecule has 0 spiro atoms.